The van der Waals surface area contributed by atoms with Crippen molar-refractivity contribution in [1.82, 2.24) is 14.7 Å². The highest BCUT2D eigenvalue weighted by atomic mass is 19.1. The average molecular weight is 569 g/mol. The van der Waals surface area contributed by atoms with Crippen LogP contribution in [0.1, 0.15) is 79.3 Å². The molecule has 2 aliphatic heterocycles. The number of ether oxygens (including phenoxy) is 1. The van der Waals surface area contributed by atoms with Crippen molar-refractivity contribution in [2.75, 3.05) is 0 Å². The second-order valence-electron chi connectivity index (χ2n) is 12.1. The third-order valence-electron chi connectivity index (χ3n) is 7.87. The summed E-state index contributed by atoms with van der Waals surface area (Å²) in [5, 5.41) is 4.80. The van der Waals surface area contributed by atoms with Gasteiger partial charge in [-0.25, -0.2) is 23.2 Å². The molecule has 6 nitrogen and oxygen atoms in total. The van der Waals surface area contributed by atoms with Gasteiger partial charge in [-0.05, 0) is 70.7 Å². The van der Waals surface area contributed by atoms with E-state index in [0.29, 0.717) is 46.7 Å². The molecule has 3 heterocycles. The molecule has 1 aromatic heterocycles. The Labute approximate surface area is 244 Å². The van der Waals surface area contributed by atoms with Gasteiger partial charge in [0.1, 0.15) is 17.1 Å². The van der Waals surface area contributed by atoms with Crippen LogP contribution in [0.5, 0.6) is 0 Å². The number of nitrogens with zero attached hydrogens (tertiary/aromatic N) is 4. The van der Waals surface area contributed by atoms with E-state index in [4.69, 9.17) is 14.8 Å². The van der Waals surface area contributed by atoms with Crippen molar-refractivity contribution in [2.45, 2.75) is 71.3 Å². The number of alkyl halides is 1. The summed E-state index contributed by atoms with van der Waals surface area (Å²) in [5.74, 6) is 0.119. The largest absolute Gasteiger partial charge is 0.444 e. The molecule has 1 fully saturated rings. The topological polar surface area (TPSA) is 59.7 Å². The Balaban J connectivity index is 1.62. The Morgan fingerprint density at radius 3 is 2.07 bits per heavy atom. The first-order chi connectivity index (χ1) is 20.0. The van der Waals surface area contributed by atoms with Gasteiger partial charge in [-0.3, -0.25) is 4.90 Å². The number of carbonyl (C=O) groups excluding carboxylic acids is 1. The summed E-state index contributed by atoms with van der Waals surface area (Å²) in [6.45, 7) is 8.79. The lowest BCUT2D eigenvalue weighted by molar-refractivity contribution is 0.00113. The molecule has 0 N–H and O–H groups in total. The molecule has 42 heavy (non-hydrogen) atoms. The van der Waals surface area contributed by atoms with E-state index in [-0.39, 0.29) is 11.5 Å². The summed E-state index contributed by atoms with van der Waals surface area (Å²) in [5.41, 5.74) is 4.00. The van der Waals surface area contributed by atoms with Crippen LogP contribution in [-0.4, -0.2) is 38.1 Å². The van der Waals surface area contributed by atoms with E-state index < -0.39 is 29.9 Å². The number of halogens is 2. The Morgan fingerprint density at radius 2 is 1.52 bits per heavy atom. The molecule has 0 aliphatic carbocycles. The Kier molecular flexibility index (Phi) is 6.95. The van der Waals surface area contributed by atoms with Gasteiger partial charge >= 0.3 is 6.09 Å². The highest BCUT2D eigenvalue weighted by Crippen LogP contribution is 2.53. The van der Waals surface area contributed by atoms with Gasteiger partial charge in [0.2, 0.25) is 0 Å². The molecule has 6 rings (SSSR count). The van der Waals surface area contributed by atoms with E-state index in [2.05, 4.69) is 0 Å². The van der Waals surface area contributed by atoms with Crippen molar-refractivity contribution in [2.24, 2.45) is 4.99 Å². The van der Waals surface area contributed by atoms with Crippen molar-refractivity contribution in [3.63, 3.8) is 0 Å². The lowest BCUT2D eigenvalue weighted by atomic mass is 9.97. The predicted molar refractivity (Wildman–Crippen MR) is 159 cm³/mol. The van der Waals surface area contributed by atoms with E-state index >= 15 is 4.39 Å². The summed E-state index contributed by atoms with van der Waals surface area (Å²) in [6.07, 6.45) is -1.03. The monoisotopic (exact) mass is 568 g/mol. The van der Waals surface area contributed by atoms with Gasteiger partial charge in [0.25, 0.3) is 0 Å². The first kappa shape index (κ1) is 27.8. The average Bonchev–Trinajstić information content (AvgIpc) is 3.53. The van der Waals surface area contributed by atoms with Gasteiger partial charge in [0, 0.05) is 16.7 Å². The van der Waals surface area contributed by atoms with Crippen LogP contribution >= 0.6 is 0 Å². The number of aliphatic imine (C=N–C) groups is 1. The molecule has 1 amide bonds. The van der Waals surface area contributed by atoms with Crippen molar-refractivity contribution in [3.8, 4) is 5.69 Å². The lowest BCUT2D eigenvalue weighted by Crippen LogP contribution is -2.45. The third kappa shape index (κ3) is 4.89. The van der Waals surface area contributed by atoms with E-state index in [1.165, 1.54) is 4.90 Å². The molecule has 0 saturated carbocycles. The fourth-order valence-corrected chi connectivity index (χ4v) is 6.06. The van der Waals surface area contributed by atoms with E-state index in [1.807, 2.05) is 60.7 Å². The van der Waals surface area contributed by atoms with Crippen LogP contribution in [0.3, 0.4) is 0 Å². The number of hydrogen-bond donors (Lipinski definition) is 0. The van der Waals surface area contributed by atoms with Crippen molar-refractivity contribution < 1.29 is 18.3 Å². The van der Waals surface area contributed by atoms with Crippen LogP contribution in [0.25, 0.3) is 5.69 Å². The number of aromatic nitrogens is 2. The first-order valence-electron chi connectivity index (χ1n) is 14.3. The molecule has 1 saturated heterocycles. The smallest absolute Gasteiger partial charge is 0.411 e. The minimum absolute atomic E-state index is 0.265. The van der Waals surface area contributed by atoms with Gasteiger partial charge in [-0.2, -0.15) is 5.10 Å². The summed E-state index contributed by atoms with van der Waals surface area (Å²) >= 11 is 0. The first-order valence-corrected chi connectivity index (χ1v) is 14.3. The molecule has 216 valence electrons. The van der Waals surface area contributed by atoms with Gasteiger partial charge in [0.05, 0.1) is 23.5 Å². The second kappa shape index (κ2) is 10.5. The summed E-state index contributed by atoms with van der Waals surface area (Å²) in [7, 11) is 0. The molecule has 4 aromatic rings. The molecule has 0 unspecified atom stereocenters. The number of hydrogen-bond acceptors (Lipinski definition) is 4. The maximum absolute atomic E-state index is 16.4. The zero-order chi connectivity index (χ0) is 29.8. The fourth-order valence-electron chi connectivity index (χ4n) is 6.06. The Hall–Kier alpha value is -4.33. The highest BCUT2D eigenvalue weighted by Gasteiger charge is 2.52. The maximum Gasteiger partial charge on any atom is 0.411 e. The number of carbonyl (C=O) groups is 1. The molecular formula is C34H34F2N4O2. The second-order valence-corrected chi connectivity index (χ2v) is 12.1. The van der Waals surface area contributed by atoms with Crippen molar-refractivity contribution in [1.29, 1.82) is 0 Å². The molecule has 2 bridgehead atoms. The van der Waals surface area contributed by atoms with Gasteiger partial charge in [0.15, 0.2) is 12.0 Å². The number of benzene rings is 3. The van der Waals surface area contributed by atoms with Crippen LogP contribution in [-0.2, 0) is 4.74 Å². The summed E-state index contributed by atoms with van der Waals surface area (Å²) in [4.78, 5) is 20.2. The van der Waals surface area contributed by atoms with Crippen LogP contribution in [0.15, 0.2) is 77.8 Å². The lowest BCUT2D eigenvalue weighted by Gasteiger charge is -2.37. The molecule has 3 aromatic carbocycles. The number of rotatable bonds is 4. The van der Waals surface area contributed by atoms with Gasteiger partial charge < -0.3 is 4.74 Å². The summed E-state index contributed by atoms with van der Waals surface area (Å²) < 4.78 is 38.4. The maximum atomic E-state index is 16.4. The van der Waals surface area contributed by atoms with Crippen LogP contribution in [0.4, 0.5) is 19.4 Å². The molecular weight excluding hydrogens is 534 g/mol. The van der Waals surface area contributed by atoms with Crippen LogP contribution in [0, 0.1) is 19.7 Å². The minimum Gasteiger partial charge on any atom is -0.444 e. The number of fused-ring (bicyclic) bond motifs is 4. The quantitative estimate of drug-likeness (QED) is 0.233. The van der Waals surface area contributed by atoms with Crippen LogP contribution in [0.2, 0.25) is 0 Å². The van der Waals surface area contributed by atoms with Crippen LogP contribution < -0.4 is 0 Å². The SMILES string of the molecule is Cc1cc(-n2nc3c(c2N=C(c2ccccc2)c2ccccc2)[C@@H]2CC[C@H]([C@@H]3F)N2C(=O)OC(C)(C)C)cc(C)c1F. The Morgan fingerprint density at radius 1 is 0.952 bits per heavy atom. The molecule has 8 heteroatoms. The zero-order valence-corrected chi connectivity index (χ0v) is 24.4. The van der Waals surface area contributed by atoms with Gasteiger partial charge in [-0.15, -0.1) is 0 Å². The zero-order valence-electron chi connectivity index (χ0n) is 24.4. The normalized spacial score (nSPS) is 19.4. The van der Waals surface area contributed by atoms with E-state index in [1.54, 1.807) is 51.4 Å². The molecule has 0 radical (unpaired) electrons. The minimum atomic E-state index is -1.53. The molecule has 2 aliphatic rings. The van der Waals surface area contributed by atoms with Crippen molar-refractivity contribution in [3.05, 3.63) is 112 Å². The summed E-state index contributed by atoms with van der Waals surface area (Å²) in [6, 6.07) is 21.8. The molecule has 0 spiro atoms. The third-order valence-corrected chi connectivity index (χ3v) is 7.87. The van der Waals surface area contributed by atoms with Gasteiger partial charge in [-0.1, -0.05) is 60.7 Å². The standard InChI is InChI=1S/C34H34F2N4O2/c1-20-18-24(19-21(2)28(20)35)40-32(37-30(22-12-8-6-9-13-22)23-14-10-7-11-15-23)27-25-16-17-26(29(36)31(27)38-40)39(25)33(41)42-34(3,4)5/h6-15,18-19,25-26,29H,16-17H2,1-5H3/t25-,26+,29-/m0/s1. The number of aryl methyl sites for hydroxylation is 2. The highest BCUT2D eigenvalue weighted by molar-refractivity contribution is 6.14. The Bertz CT molecular complexity index is 1610. The molecule has 3 atom stereocenters. The predicted octanol–water partition coefficient (Wildman–Crippen LogP) is 8.26. The van der Waals surface area contributed by atoms with Crippen molar-refractivity contribution >= 4 is 17.6 Å². The fraction of sp³-hybridized carbons (Fsp3) is 0.324. The van der Waals surface area contributed by atoms with E-state index in [0.717, 1.165) is 11.1 Å². The number of amides is 1. The van der Waals surface area contributed by atoms with E-state index in [9.17, 15) is 9.18 Å².